The van der Waals surface area contributed by atoms with E-state index in [0.29, 0.717) is 0 Å². The van der Waals surface area contributed by atoms with Crippen molar-refractivity contribution >= 4 is 53.8 Å². The quantitative estimate of drug-likeness (QED) is 0.445. The molecule has 1 aromatic carbocycles. The predicted molar refractivity (Wildman–Crippen MR) is 45.9 cm³/mol. The maximum absolute atomic E-state index is 5.58. The molecule has 0 aromatic heterocycles. The Morgan fingerprint density at radius 1 is 1.11 bits per heavy atom. The summed E-state index contributed by atoms with van der Waals surface area (Å²) in [5, 5.41) is 0.753. The molecular formula is C6H6ClNaS. The third-order valence-electron chi connectivity index (χ3n) is 0.827. The molecule has 0 aliphatic heterocycles. The van der Waals surface area contributed by atoms with Crippen LogP contribution in [-0.4, -0.2) is 29.6 Å². The van der Waals surface area contributed by atoms with Crippen molar-refractivity contribution in [2.24, 2.45) is 0 Å². The molecule has 0 aliphatic rings. The molecule has 0 amide bonds. The van der Waals surface area contributed by atoms with E-state index in [0.717, 1.165) is 9.92 Å². The predicted octanol–water partition coefficient (Wildman–Crippen LogP) is 1.98. The van der Waals surface area contributed by atoms with Crippen LogP contribution < -0.4 is 0 Å². The molecule has 0 unspecified atom stereocenters. The van der Waals surface area contributed by atoms with Crippen LogP contribution in [0, 0.1) is 0 Å². The molecule has 1 aromatic rings. The van der Waals surface area contributed by atoms with Crippen molar-refractivity contribution in [2.45, 2.75) is 4.90 Å². The van der Waals surface area contributed by atoms with Gasteiger partial charge in [0, 0.05) is 9.92 Å². The molecule has 0 nitrogen and oxygen atoms in total. The van der Waals surface area contributed by atoms with Crippen LogP contribution in [0.1, 0.15) is 0 Å². The zero-order valence-corrected chi connectivity index (χ0v) is 5.78. The first-order valence-electron chi connectivity index (χ1n) is 2.23. The van der Waals surface area contributed by atoms with Crippen LogP contribution in [0.15, 0.2) is 29.2 Å². The van der Waals surface area contributed by atoms with E-state index in [1.54, 1.807) is 0 Å². The van der Waals surface area contributed by atoms with Crippen molar-refractivity contribution in [3.63, 3.8) is 0 Å². The van der Waals surface area contributed by atoms with E-state index in [-0.39, 0.29) is 29.6 Å². The Morgan fingerprint density at radius 3 is 1.89 bits per heavy atom. The fraction of sp³-hybridized carbons (Fsp3) is 0. The van der Waals surface area contributed by atoms with Crippen LogP contribution in [0.3, 0.4) is 0 Å². The zero-order valence-electron chi connectivity index (χ0n) is 4.13. The second-order valence-corrected chi connectivity index (χ2v) is 2.43. The van der Waals surface area contributed by atoms with Gasteiger partial charge in [0.2, 0.25) is 0 Å². The number of hydrogen-bond donors (Lipinski definition) is 1. The van der Waals surface area contributed by atoms with Crippen molar-refractivity contribution < 1.29 is 0 Å². The molecule has 0 radical (unpaired) electrons. The molecule has 0 fully saturated rings. The van der Waals surface area contributed by atoms with E-state index >= 15 is 0 Å². The van der Waals surface area contributed by atoms with Gasteiger partial charge in [-0.25, -0.2) is 0 Å². The zero-order chi connectivity index (χ0) is 5.98. The van der Waals surface area contributed by atoms with Gasteiger partial charge < -0.3 is 0 Å². The van der Waals surface area contributed by atoms with Crippen LogP contribution in [0.4, 0.5) is 0 Å². The molecule has 44 valence electrons. The Hall–Kier alpha value is 0.860. The van der Waals surface area contributed by atoms with E-state index in [4.69, 9.17) is 11.6 Å². The van der Waals surface area contributed by atoms with E-state index in [2.05, 4.69) is 12.6 Å². The normalized spacial score (nSPS) is 8.22. The van der Waals surface area contributed by atoms with Crippen molar-refractivity contribution in [3.8, 4) is 0 Å². The average molecular weight is 169 g/mol. The van der Waals surface area contributed by atoms with Crippen molar-refractivity contribution in [3.05, 3.63) is 29.3 Å². The second kappa shape index (κ2) is 4.64. The molecule has 0 heterocycles. The molecule has 0 aliphatic carbocycles. The van der Waals surface area contributed by atoms with Crippen LogP contribution >= 0.6 is 24.2 Å². The SMILES string of the molecule is Sc1ccc(Cl)cc1.[NaH]. The summed E-state index contributed by atoms with van der Waals surface area (Å²) in [4.78, 5) is 0.939. The van der Waals surface area contributed by atoms with Crippen molar-refractivity contribution in [1.82, 2.24) is 0 Å². The van der Waals surface area contributed by atoms with Crippen LogP contribution in [-0.2, 0) is 0 Å². The van der Waals surface area contributed by atoms with Gasteiger partial charge in [-0.3, -0.25) is 0 Å². The van der Waals surface area contributed by atoms with E-state index < -0.39 is 0 Å². The topological polar surface area (TPSA) is 0 Å². The van der Waals surface area contributed by atoms with Gasteiger partial charge in [0.15, 0.2) is 0 Å². The first-order valence-corrected chi connectivity index (χ1v) is 3.06. The Bertz CT molecular complexity index is 152. The van der Waals surface area contributed by atoms with Gasteiger partial charge >= 0.3 is 29.6 Å². The molecule has 0 saturated carbocycles. The molecule has 0 N–H and O–H groups in total. The fourth-order valence-electron chi connectivity index (χ4n) is 0.441. The summed E-state index contributed by atoms with van der Waals surface area (Å²) in [5.41, 5.74) is 0. The Morgan fingerprint density at radius 2 is 1.56 bits per heavy atom. The van der Waals surface area contributed by atoms with Gasteiger partial charge in [0.05, 0.1) is 0 Å². The van der Waals surface area contributed by atoms with Crippen LogP contribution in [0.5, 0.6) is 0 Å². The third kappa shape index (κ3) is 3.54. The van der Waals surface area contributed by atoms with Crippen molar-refractivity contribution in [2.75, 3.05) is 0 Å². The Labute approximate surface area is 87.3 Å². The number of thiol groups is 1. The van der Waals surface area contributed by atoms with Crippen LogP contribution in [0.2, 0.25) is 5.02 Å². The van der Waals surface area contributed by atoms with Crippen molar-refractivity contribution in [1.29, 1.82) is 0 Å². The molecule has 3 heteroatoms. The van der Waals surface area contributed by atoms with Gasteiger partial charge in [-0.1, -0.05) is 11.6 Å². The molecule has 0 atom stereocenters. The number of hydrogen-bond acceptors (Lipinski definition) is 1. The fourth-order valence-corrected chi connectivity index (χ4v) is 0.716. The molecule has 0 bridgehead atoms. The minimum absolute atomic E-state index is 0. The maximum atomic E-state index is 5.58. The molecule has 0 saturated heterocycles. The van der Waals surface area contributed by atoms with Gasteiger partial charge in [-0.15, -0.1) is 12.6 Å². The summed E-state index contributed by atoms with van der Waals surface area (Å²) in [6, 6.07) is 7.32. The number of halogens is 1. The second-order valence-electron chi connectivity index (χ2n) is 1.48. The molecule has 1 rings (SSSR count). The Kier molecular flexibility index (Phi) is 5.08. The molecule has 9 heavy (non-hydrogen) atoms. The van der Waals surface area contributed by atoms with Gasteiger partial charge in [-0.2, -0.15) is 0 Å². The van der Waals surface area contributed by atoms with Gasteiger partial charge in [0.1, 0.15) is 0 Å². The third-order valence-corrected chi connectivity index (χ3v) is 1.38. The van der Waals surface area contributed by atoms with E-state index in [9.17, 15) is 0 Å². The van der Waals surface area contributed by atoms with Crippen LogP contribution in [0.25, 0.3) is 0 Å². The monoisotopic (exact) mass is 168 g/mol. The minimum atomic E-state index is 0. The van der Waals surface area contributed by atoms with Gasteiger partial charge in [0.25, 0.3) is 0 Å². The first-order chi connectivity index (χ1) is 3.79. The summed E-state index contributed by atoms with van der Waals surface area (Å²) in [6.07, 6.45) is 0. The standard InChI is InChI=1S/C6H5ClS.Na.H/c7-5-1-3-6(8)4-2-5;;/h1-4,8H;;. The first kappa shape index (κ1) is 9.86. The average Bonchev–Trinajstić information content (AvgIpc) is 1.77. The molecule has 0 spiro atoms. The Balaban J connectivity index is 0.000000640. The summed E-state index contributed by atoms with van der Waals surface area (Å²) in [7, 11) is 0. The van der Waals surface area contributed by atoms with Gasteiger partial charge in [-0.05, 0) is 24.3 Å². The summed E-state index contributed by atoms with van der Waals surface area (Å²) in [5.74, 6) is 0. The summed E-state index contributed by atoms with van der Waals surface area (Å²) >= 11 is 9.65. The van der Waals surface area contributed by atoms with E-state index in [1.165, 1.54) is 0 Å². The summed E-state index contributed by atoms with van der Waals surface area (Å²) < 4.78 is 0. The number of rotatable bonds is 0. The van der Waals surface area contributed by atoms with E-state index in [1.807, 2.05) is 24.3 Å². The number of benzene rings is 1. The summed E-state index contributed by atoms with van der Waals surface area (Å²) in [6.45, 7) is 0. The molecular weight excluding hydrogens is 163 g/mol.